The zero-order valence-corrected chi connectivity index (χ0v) is 8.72. The number of nitrogens with zero attached hydrogens (tertiary/aromatic N) is 3. The van der Waals surface area contributed by atoms with Crippen LogP contribution >= 0.6 is 0 Å². The first-order valence-corrected chi connectivity index (χ1v) is 5.64. The van der Waals surface area contributed by atoms with E-state index in [-0.39, 0.29) is 12.1 Å². The van der Waals surface area contributed by atoms with E-state index in [0.29, 0.717) is 0 Å². The van der Waals surface area contributed by atoms with Crippen LogP contribution in [0.3, 0.4) is 0 Å². The molecule has 1 fully saturated rings. The summed E-state index contributed by atoms with van der Waals surface area (Å²) in [6.07, 6.45) is 4.24. The van der Waals surface area contributed by atoms with E-state index >= 15 is 0 Å². The Morgan fingerprint density at radius 2 is 2.27 bits per heavy atom. The van der Waals surface area contributed by atoms with Crippen molar-refractivity contribution in [2.24, 2.45) is 5.73 Å². The number of hydrogen-bond acceptors (Lipinski definition) is 4. The summed E-state index contributed by atoms with van der Waals surface area (Å²) < 4.78 is 7.83. The lowest BCUT2D eigenvalue weighted by atomic mass is 10.1. The van der Waals surface area contributed by atoms with Crippen molar-refractivity contribution in [1.82, 2.24) is 14.8 Å². The minimum atomic E-state index is 0.167. The molecule has 0 spiro atoms. The van der Waals surface area contributed by atoms with Gasteiger partial charge in [-0.3, -0.25) is 0 Å². The second-order valence-electron chi connectivity index (χ2n) is 4.38. The molecule has 5 nitrogen and oxygen atoms in total. The fourth-order valence-electron chi connectivity index (χ4n) is 2.39. The van der Waals surface area contributed by atoms with Crippen molar-refractivity contribution < 1.29 is 4.74 Å². The van der Waals surface area contributed by atoms with Gasteiger partial charge in [0.25, 0.3) is 0 Å². The summed E-state index contributed by atoms with van der Waals surface area (Å²) in [7, 11) is 0. The van der Waals surface area contributed by atoms with Crippen LogP contribution in [0, 0.1) is 0 Å². The maximum Gasteiger partial charge on any atom is 0.162 e. The molecule has 0 saturated carbocycles. The zero-order valence-electron chi connectivity index (χ0n) is 8.72. The summed E-state index contributed by atoms with van der Waals surface area (Å²) in [6.45, 7) is 1.80. The Morgan fingerprint density at radius 1 is 1.33 bits per heavy atom. The predicted molar refractivity (Wildman–Crippen MR) is 54.2 cm³/mol. The first-order chi connectivity index (χ1) is 7.34. The van der Waals surface area contributed by atoms with Crippen molar-refractivity contribution in [2.75, 3.05) is 6.61 Å². The predicted octanol–water partition coefficient (Wildman–Crippen LogP) is 0.403. The number of ether oxygens (including phenoxy) is 1. The fourth-order valence-corrected chi connectivity index (χ4v) is 2.39. The summed E-state index contributed by atoms with van der Waals surface area (Å²) >= 11 is 0. The van der Waals surface area contributed by atoms with Gasteiger partial charge in [0.05, 0.1) is 0 Å². The van der Waals surface area contributed by atoms with E-state index in [0.717, 1.165) is 50.5 Å². The molecule has 3 rings (SSSR count). The van der Waals surface area contributed by atoms with E-state index in [2.05, 4.69) is 14.8 Å². The second-order valence-corrected chi connectivity index (χ2v) is 4.38. The molecule has 2 unspecified atom stereocenters. The Balaban J connectivity index is 1.90. The summed E-state index contributed by atoms with van der Waals surface area (Å²) in [6, 6.07) is 0.249. The lowest BCUT2D eigenvalue weighted by Crippen LogP contribution is -2.31. The smallest absolute Gasteiger partial charge is 0.162 e. The highest BCUT2D eigenvalue weighted by atomic mass is 16.5. The second kappa shape index (κ2) is 3.57. The van der Waals surface area contributed by atoms with Crippen LogP contribution in [0.2, 0.25) is 0 Å². The molecule has 2 aliphatic rings. The van der Waals surface area contributed by atoms with E-state index < -0.39 is 0 Å². The SMILES string of the molecule is NC1CCn2c(nnc2C2CCCO2)C1. The van der Waals surface area contributed by atoms with Crippen molar-refractivity contribution in [3.63, 3.8) is 0 Å². The number of rotatable bonds is 1. The summed E-state index contributed by atoms with van der Waals surface area (Å²) in [4.78, 5) is 0. The average Bonchev–Trinajstić information content (AvgIpc) is 2.82. The van der Waals surface area contributed by atoms with Crippen LogP contribution in [0.1, 0.15) is 37.0 Å². The molecule has 2 N–H and O–H groups in total. The standard InChI is InChI=1S/C10H16N4O/c11-7-3-4-14-9(6-7)12-13-10(14)8-2-1-5-15-8/h7-8H,1-6,11H2. The molecule has 0 bridgehead atoms. The minimum absolute atomic E-state index is 0.167. The molecule has 0 aromatic carbocycles. The Kier molecular flexibility index (Phi) is 2.21. The van der Waals surface area contributed by atoms with E-state index in [4.69, 9.17) is 10.5 Å². The van der Waals surface area contributed by atoms with Gasteiger partial charge in [0.1, 0.15) is 11.9 Å². The van der Waals surface area contributed by atoms with Crippen LogP contribution in [-0.2, 0) is 17.7 Å². The van der Waals surface area contributed by atoms with Gasteiger partial charge >= 0.3 is 0 Å². The van der Waals surface area contributed by atoms with Crippen LogP contribution in [-0.4, -0.2) is 27.4 Å². The third-order valence-electron chi connectivity index (χ3n) is 3.24. The summed E-state index contributed by atoms with van der Waals surface area (Å²) in [5.41, 5.74) is 5.90. The maximum atomic E-state index is 5.90. The Labute approximate surface area is 88.6 Å². The maximum absolute atomic E-state index is 5.90. The molecule has 0 amide bonds. The fraction of sp³-hybridized carbons (Fsp3) is 0.800. The number of hydrogen-bond donors (Lipinski definition) is 1. The lowest BCUT2D eigenvalue weighted by molar-refractivity contribution is 0.101. The number of fused-ring (bicyclic) bond motifs is 1. The third kappa shape index (κ3) is 1.55. The first-order valence-electron chi connectivity index (χ1n) is 5.64. The van der Waals surface area contributed by atoms with Gasteiger partial charge in [-0.25, -0.2) is 0 Å². The molecule has 3 heterocycles. The summed E-state index contributed by atoms with van der Waals surface area (Å²) in [5.74, 6) is 2.04. The Bertz CT molecular complexity index is 356. The number of nitrogens with two attached hydrogens (primary N) is 1. The average molecular weight is 208 g/mol. The van der Waals surface area contributed by atoms with Crippen molar-refractivity contribution in [3.05, 3.63) is 11.6 Å². The van der Waals surface area contributed by atoms with Crippen molar-refractivity contribution in [3.8, 4) is 0 Å². The van der Waals surface area contributed by atoms with Gasteiger partial charge in [-0.1, -0.05) is 0 Å². The molecule has 2 atom stereocenters. The van der Waals surface area contributed by atoms with Crippen LogP contribution in [0.15, 0.2) is 0 Å². The Hall–Kier alpha value is -0.940. The highest BCUT2D eigenvalue weighted by molar-refractivity contribution is 5.04. The first kappa shape index (κ1) is 9.30. The van der Waals surface area contributed by atoms with Gasteiger partial charge in [0.15, 0.2) is 5.82 Å². The highest BCUT2D eigenvalue weighted by Gasteiger charge is 2.27. The van der Waals surface area contributed by atoms with Gasteiger partial charge in [0, 0.05) is 25.6 Å². The van der Waals surface area contributed by atoms with Gasteiger partial charge < -0.3 is 15.0 Å². The molecule has 1 saturated heterocycles. The zero-order chi connectivity index (χ0) is 10.3. The molecule has 1 aromatic heterocycles. The van der Waals surface area contributed by atoms with Crippen LogP contribution in [0.4, 0.5) is 0 Å². The molecular weight excluding hydrogens is 192 g/mol. The lowest BCUT2D eigenvalue weighted by Gasteiger charge is -2.21. The minimum Gasteiger partial charge on any atom is -0.370 e. The van der Waals surface area contributed by atoms with Gasteiger partial charge in [-0.15, -0.1) is 10.2 Å². The number of aromatic nitrogens is 3. The van der Waals surface area contributed by atoms with E-state index in [1.54, 1.807) is 0 Å². The Morgan fingerprint density at radius 3 is 3.07 bits per heavy atom. The third-order valence-corrected chi connectivity index (χ3v) is 3.24. The quantitative estimate of drug-likeness (QED) is 0.725. The largest absolute Gasteiger partial charge is 0.370 e. The molecular formula is C10H16N4O. The topological polar surface area (TPSA) is 66.0 Å². The molecule has 82 valence electrons. The normalized spacial score (nSPS) is 30.5. The van der Waals surface area contributed by atoms with Gasteiger partial charge in [-0.05, 0) is 19.3 Å². The van der Waals surface area contributed by atoms with Crippen LogP contribution in [0.5, 0.6) is 0 Å². The van der Waals surface area contributed by atoms with Gasteiger partial charge in [-0.2, -0.15) is 0 Å². The molecule has 0 aliphatic carbocycles. The van der Waals surface area contributed by atoms with Crippen molar-refractivity contribution in [2.45, 2.75) is 44.4 Å². The highest BCUT2D eigenvalue weighted by Crippen LogP contribution is 2.28. The molecule has 5 heteroatoms. The molecule has 1 aromatic rings. The van der Waals surface area contributed by atoms with E-state index in [1.807, 2.05) is 0 Å². The molecule has 0 radical (unpaired) electrons. The summed E-state index contributed by atoms with van der Waals surface area (Å²) in [5, 5.41) is 8.45. The van der Waals surface area contributed by atoms with E-state index in [1.165, 1.54) is 0 Å². The van der Waals surface area contributed by atoms with Crippen LogP contribution in [0.25, 0.3) is 0 Å². The van der Waals surface area contributed by atoms with Crippen molar-refractivity contribution >= 4 is 0 Å². The van der Waals surface area contributed by atoms with Crippen LogP contribution < -0.4 is 5.73 Å². The van der Waals surface area contributed by atoms with Gasteiger partial charge in [0.2, 0.25) is 0 Å². The van der Waals surface area contributed by atoms with E-state index in [9.17, 15) is 0 Å². The molecule has 15 heavy (non-hydrogen) atoms. The van der Waals surface area contributed by atoms with Crippen molar-refractivity contribution in [1.29, 1.82) is 0 Å². The monoisotopic (exact) mass is 208 g/mol. The molecule has 2 aliphatic heterocycles.